The summed E-state index contributed by atoms with van der Waals surface area (Å²) < 4.78 is 24.0. The first-order valence-corrected chi connectivity index (χ1v) is 10.7. The van der Waals surface area contributed by atoms with Crippen LogP contribution in [-0.2, 0) is 40.1 Å². The van der Waals surface area contributed by atoms with Crippen molar-refractivity contribution in [3.8, 4) is 6.07 Å². The van der Waals surface area contributed by atoms with Gasteiger partial charge in [0.1, 0.15) is 0 Å². The summed E-state index contributed by atoms with van der Waals surface area (Å²) in [5.41, 5.74) is 4.40. The smallest absolute Gasteiger partial charge is 0.220 e. The van der Waals surface area contributed by atoms with Gasteiger partial charge in [0.2, 0.25) is 15.9 Å². The highest BCUT2D eigenvalue weighted by molar-refractivity contribution is 7.88. The molecule has 0 spiro atoms. The Bertz CT molecular complexity index is 972. The van der Waals surface area contributed by atoms with Gasteiger partial charge in [-0.3, -0.25) is 9.48 Å². The highest BCUT2D eigenvalue weighted by Gasteiger charge is 2.13. The lowest BCUT2D eigenvalue weighted by atomic mass is 10.1. The van der Waals surface area contributed by atoms with E-state index in [1.807, 2.05) is 18.5 Å². The second-order valence-corrected chi connectivity index (χ2v) is 8.30. The summed E-state index contributed by atoms with van der Waals surface area (Å²) in [5.74, 6) is -0.280. The molecule has 0 fully saturated rings. The van der Waals surface area contributed by atoms with Crippen LogP contribution in [-0.4, -0.2) is 24.1 Å². The molecule has 0 aliphatic carbocycles. The Morgan fingerprint density at radius 2 is 1.89 bits per heavy atom. The molecule has 0 radical (unpaired) electrons. The molecule has 2 aromatic rings. The molecule has 1 aromatic carbocycles. The molecule has 0 saturated heterocycles. The van der Waals surface area contributed by atoms with E-state index in [1.165, 1.54) is 0 Å². The number of hydrogen-bond donors (Lipinski definition) is 2. The fraction of sp³-hybridized carbons (Fsp3) is 0.421. The number of benzene rings is 1. The molecule has 0 aliphatic rings. The van der Waals surface area contributed by atoms with Crippen LogP contribution in [0.25, 0.3) is 0 Å². The monoisotopic (exact) mass is 403 g/mol. The van der Waals surface area contributed by atoms with Crippen molar-refractivity contribution in [2.75, 3.05) is 0 Å². The van der Waals surface area contributed by atoms with E-state index in [0.717, 1.165) is 22.5 Å². The van der Waals surface area contributed by atoms with Gasteiger partial charge < -0.3 is 5.32 Å². The number of sulfonamides is 1. The average Bonchev–Trinajstić information content (AvgIpc) is 2.89. The summed E-state index contributed by atoms with van der Waals surface area (Å²) in [4.78, 5) is 12.2. The number of nitrogens with one attached hydrogen (secondary N) is 1. The molecule has 0 saturated carbocycles. The van der Waals surface area contributed by atoms with Gasteiger partial charge >= 0.3 is 0 Å². The van der Waals surface area contributed by atoms with Crippen molar-refractivity contribution in [1.29, 1.82) is 5.26 Å². The van der Waals surface area contributed by atoms with E-state index in [4.69, 9.17) is 10.4 Å². The van der Waals surface area contributed by atoms with Crippen LogP contribution in [0.4, 0.5) is 0 Å². The molecule has 150 valence electrons. The number of aryl methyl sites for hydroxylation is 2. The summed E-state index contributed by atoms with van der Waals surface area (Å²) in [6, 6.07) is 9.03. The highest BCUT2D eigenvalue weighted by atomic mass is 32.2. The van der Waals surface area contributed by atoms with E-state index >= 15 is 0 Å². The number of primary sulfonamides is 1. The van der Waals surface area contributed by atoms with Crippen LogP contribution >= 0.6 is 0 Å². The lowest BCUT2D eigenvalue weighted by molar-refractivity contribution is -0.121. The molecule has 3 N–H and O–H groups in total. The number of hydrogen-bond acceptors (Lipinski definition) is 5. The van der Waals surface area contributed by atoms with Gasteiger partial charge in [0, 0.05) is 18.7 Å². The van der Waals surface area contributed by atoms with Crippen LogP contribution in [0, 0.1) is 25.2 Å². The summed E-state index contributed by atoms with van der Waals surface area (Å²) in [5, 5.41) is 21.0. The number of nitriles is 1. The van der Waals surface area contributed by atoms with E-state index in [1.54, 1.807) is 24.3 Å². The number of amides is 1. The molecule has 1 aromatic heterocycles. The van der Waals surface area contributed by atoms with Gasteiger partial charge in [0.25, 0.3) is 0 Å². The lowest BCUT2D eigenvalue weighted by Gasteiger charge is -2.07. The van der Waals surface area contributed by atoms with Crippen molar-refractivity contribution in [2.24, 2.45) is 5.14 Å². The highest BCUT2D eigenvalue weighted by Crippen LogP contribution is 2.15. The van der Waals surface area contributed by atoms with Crippen molar-refractivity contribution in [3.63, 3.8) is 0 Å². The maximum Gasteiger partial charge on any atom is 0.220 e. The lowest BCUT2D eigenvalue weighted by Crippen LogP contribution is -2.23. The summed E-state index contributed by atoms with van der Waals surface area (Å²) in [7, 11) is -3.55. The van der Waals surface area contributed by atoms with Crippen LogP contribution < -0.4 is 10.5 Å². The first-order valence-electron chi connectivity index (χ1n) is 8.94. The predicted octanol–water partition coefficient (Wildman–Crippen LogP) is 1.45. The maximum atomic E-state index is 12.2. The molecule has 0 atom stereocenters. The van der Waals surface area contributed by atoms with E-state index in [-0.39, 0.29) is 11.7 Å². The molecule has 1 amide bonds. The van der Waals surface area contributed by atoms with Crippen molar-refractivity contribution in [2.45, 2.75) is 52.0 Å². The molecular formula is C19H25N5O3S. The van der Waals surface area contributed by atoms with Crippen LogP contribution in [0.1, 0.15) is 40.9 Å². The minimum absolute atomic E-state index is 0.0720. The van der Waals surface area contributed by atoms with E-state index in [0.29, 0.717) is 37.9 Å². The maximum absolute atomic E-state index is 12.2. The first kappa shape index (κ1) is 21.6. The predicted molar refractivity (Wildman–Crippen MR) is 105 cm³/mol. The molecule has 8 nitrogen and oxygen atoms in total. The van der Waals surface area contributed by atoms with Gasteiger partial charge in [-0.1, -0.05) is 24.3 Å². The van der Waals surface area contributed by atoms with Crippen molar-refractivity contribution in [1.82, 2.24) is 15.1 Å². The molecule has 0 unspecified atom stereocenters. The van der Waals surface area contributed by atoms with Crippen LogP contribution in [0.3, 0.4) is 0 Å². The van der Waals surface area contributed by atoms with Gasteiger partial charge in [-0.15, -0.1) is 0 Å². The summed E-state index contributed by atoms with van der Waals surface area (Å²) >= 11 is 0. The quantitative estimate of drug-likeness (QED) is 0.654. The molecular weight excluding hydrogens is 378 g/mol. The van der Waals surface area contributed by atoms with Gasteiger partial charge in [0.05, 0.1) is 30.5 Å². The molecule has 9 heteroatoms. The number of carbonyl (C=O) groups is 1. The average molecular weight is 404 g/mol. The zero-order chi connectivity index (χ0) is 20.7. The molecule has 0 bridgehead atoms. The van der Waals surface area contributed by atoms with Gasteiger partial charge in [-0.05, 0) is 37.0 Å². The third-order valence-electron chi connectivity index (χ3n) is 4.45. The van der Waals surface area contributed by atoms with E-state index in [9.17, 15) is 13.2 Å². The summed E-state index contributed by atoms with van der Waals surface area (Å²) in [6.45, 7) is 4.78. The third kappa shape index (κ3) is 6.48. The van der Waals surface area contributed by atoms with Gasteiger partial charge in [-0.2, -0.15) is 10.4 Å². The second kappa shape index (κ2) is 9.48. The van der Waals surface area contributed by atoms with Crippen LogP contribution in [0.15, 0.2) is 24.3 Å². The normalized spacial score (nSPS) is 11.2. The zero-order valence-corrected chi connectivity index (χ0v) is 16.9. The van der Waals surface area contributed by atoms with Crippen molar-refractivity contribution in [3.05, 3.63) is 52.3 Å². The fourth-order valence-electron chi connectivity index (χ4n) is 2.98. The van der Waals surface area contributed by atoms with Crippen molar-refractivity contribution < 1.29 is 13.2 Å². The third-order valence-corrected chi connectivity index (χ3v) is 5.19. The zero-order valence-electron chi connectivity index (χ0n) is 16.1. The Balaban J connectivity index is 1.85. The van der Waals surface area contributed by atoms with Crippen LogP contribution in [0.2, 0.25) is 0 Å². The van der Waals surface area contributed by atoms with Crippen molar-refractivity contribution >= 4 is 15.9 Å². The Kier molecular flexibility index (Phi) is 7.31. The Morgan fingerprint density at radius 3 is 2.50 bits per heavy atom. The van der Waals surface area contributed by atoms with Crippen LogP contribution in [0.5, 0.6) is 0 Å². The Morgan fingerprint density at radius 1 is 1.25 bits per heavy atom. The van der Waals surface area contributed by atoms with Gasteiger partial charge in [-0.25, -0.2) is 13.6 Å². The number of nitrogens with zero attached hydrogens (tertiary/aromatic N) is 3. The first-order chi connectivity index (χ1) is 13.2. The van der Waals surface area contributed by atoms with Gasteiger partial charge in [0.15, 0.2) is 0 Å². The minimum Gasteiger partial charge on any atom is -0.352 e. The largest absolute Gasteiger partial charge is 0.352 e. The Labute approximate surface area is 165 Å². The molecule has 1 heterocycles. The number of nitrogens with two attached hydrogens (primary N) is 1. The Hall–Kier alpha value is -2.70. The van der Waals surface area contributed by atoms with E-state index < -0.39 is 10.0 Å². The SMILES string of the molecule is Cc1nn(CCC#N)c(C)c1CCC(=O)NCc1ccc(CS(N)(=O)=O)cc1. The van der Waals surface area contributed by atoms with E-state index in [2.05, 4.69) is 16.5 Å². The second-order valence-electron chi connectivity index (χ2n) is 6.68. The number of rotatable bonds is 9. The minimum atomic E-state index is -3.55. The molecule has 28 heavy (non-hydrogen) atoms. The molecule has 0 aliphatic heterocycles. The number of aromatic nitrogens is 2. The standard InChI is InChI=1S/C19H25N5O3S/c1-14-18(15(2)24(23-14)11-3-10-20)8-9-19(25)22-12-16-4-6-17(7-5-16)13-28(21,26)27/h4-7H,3,8-9,11-13H2,1-2H3,(H,22,25)(H2,21,26,27). The fourth-order valence-corrected chi connectivity index (χ4v) is 3.64. The summed E-state index contributed by atoms with van der Waals surface area (Å²) in [6.07, 6.45) is 1.33. The molecule has 2 rings (SSSR count). The topological polar surface area (TPSA) is 131 Å². The number of carbonyl (C=O) groups excluding carboxylic acids is 1.